The van der Waals surface area contributed by atoms with Crippen LogP contribution in [0.3, 0.4) is 0 Å². The highest BCUT2D eigenvalue weighted by molar-refractivity contribution is 7.87. The largest absolute Gasteiger partial charge is 0.330 e. The highest BCUT2D eigenvalue weighted by atomic mass is 32.2. The molecule has 112 valence electrons. The molecule has 6 nitrogen and oxygen atoms in total. The molecule has 0 saturated carbocycles. The van der Waals surface area contributed by atoms with Crippen LogP contribution in [0, 0.1) is 5.92 Å². The Kier molecular flexibility index (Phi) is 5.47. The molecule has 0 aromatic carbocycles. The Morgan fingerprint density at radius 2 is 2.30 bits per heavy atom. The molecule has 20 heavy (non-hydrogen) atoms. The number of hydrogen-bond acceptors (Lipinski definition) is 4. The van der Waals surface area contributed by atoms with Gasteiger partial charge in [-0.15, -0.1) is 0 Å². The van der Waals surface area contributed by atoms with Gasteiger partial charge in [-0.3, -0.25) is 4.98 Å². The molecule has 1 unspecified atom stereocenters. The maximum absolute atomic E-state index is 12.2. The average molecular weight is 298 g/mol. The molecule has 1 saturated heterocycles. The minimum atomic E-state index is -3.40. The Morgan fingerprint density at radius 1 is 1.45 bits per heavy atom. The van der Waals surface area contributed by atoms with Gasteiger partial charge in [-0.1, -0.05) is 6.07 Å². The van der Waals surface area contributed by atoms with E-state index in [-0.39, 0.29) is 5.92 Å². The number of aromatic nitrogens is 1. The van der Waals surface area contributed by atoms with Gasteiger partial charge in [0.2, 0.25) is 0 Å². The van der Waals surface area contributed by atoms with Gasteiger partial charge < -0.3 is 5.73 Å². The van der Waals surface area contributed by atoms with Crippen molar-refractivity contribution in [3.05, 3.63) is 30.1 Å². The summed E-state index contributed by atoms with van der Waals surface area (Å²) in [4.78, 5) is 4.17. The van der Waals surface area contributed by atoms with Gasteiger partial charge in [-0.25, -0.2) is 4.72 Å². The fraction of sp³-hybridized carbons (Fsp3) is 0.615. The lowest BCUT2D eigenvalue weighted by molar-refractivity contribution is 0.269. The molecule has 1 atom stereocenters. The zero-order valence-corrected chi connectivity index (χ0v) is 12.3. The smallest absolute Gasteiger partial charge is 0.279 e. The second kappa shape index (κ2) is 7.12. The number of piperidine rings is 1. The monoisotopic (exact) mass is 298 g/mol. The average Bonchev–Trinajstić information content (AvgIpc) is 2.48. The summed E-state index contributed by atoms with van der Waals surface area (Å²) in [6, 6.07) is 5.63. The van der Waals surface area contributed by atoms with Crippen LogP contribution in [0.25, 0.3) is 0 Å². The third-order valence-corrected chi connectivity index (χ3v) is 5.13. The van der Waals surface area contributed by atoms with Crippen LogP contribution in [-0.2, 0) is 16.6 Å². The number of nitrogens with one attached hydrogen (secondary N) is 1. The van der Waals surface area contributed by atoms with Crippen molar-refractivity contribution in [2.75, 3.05) is 26.2 Å². The molecule has 7 heteroatoms. The Balaban J connectivity index is 1.84. The van der Waals surface area contributed by atoms with Gasteiger partial charge in [0.1, 0.15) is 0 Å². The third-order valence-electron chi connectivity index (χ3n) is 3.55. The van der Waals surface area contributed by atoms with Gasteiger partial charge in [0, 0.05) is 37.9 Å². The Bertz CT molecular complexity index is 506. The molecule has 2 rings (SSSR count). The lowest BCUT2D eigenvalue weighted by Gasteiger charge is -2.31. The highest BCUT2D eigenvalue weighted by Gasteiger charge is 2.27. The maximum atomic E-state index is 12.2. The molecule has 1 aromatic rings. The van der Waals surface area contributed by atoms with E-state index in [2.05, 4.69) is 9.71 Å². The summed E-state index contributed by atoms with van der Waals surface area (Å²) < 4.78 is 28.5. The zero-order valence-electron chi connectivity index (χ0n) is 11.5. The van der Waals surface area contributed by atoms with E-state index in [0.29, 0.717) is 32.6 Å². The minimum absolute atomic E-state index is 0.274. The van der Waals surface area contributed by atoms with E-state index in [4.69, 9.17) is 5.73 Å². The molecule has 1 fully saturated rings. The Labute approximate surface area is 120 Å². The van der Waals surface area contributed by atoms with Crippen LogP contribution in [0.15, 0.2) is 24.4 Å². The van der Waals surface area contributed by atoms with E-state index in [1.54, 1.807) is 6.20 Å². The quantitative estimate of drug-likeness (QED) is 0.781. The fourth-order valence-electron chi connectivity index (χ4n) is 2.38. The predicted octanol–water partition coefficient (Wildman–Crippen LogP) is 0.129. The van der Waals surface area contributed by atoms with E-state index >= 15 is 0 Å². The molecule has 1 aromatic heterocycles. The first kappa shape index (κ1) is 15.4. The van der Waals surface area contributed by atoms with Crippen molar-refractivity contribution in [1.82, 2.24) is 14.0 Å². The van der Waals surface area contributed by atoms with Gasteiger partial charge in [-0.2, -0.15) is 12.7 Å². The number of pyridine rings is 1. The van der Waals surface area contributed by atoms with Gasteiger partial charge in [0.05, 0.1) is 0 Å². The highest BCUT2D eigenvalue weighted by Crippen LogP contribution is 2.17. The fourth-order valence-corrected chi connectivity index (χ4v) is 3.70. The first-order valence-corrected chi connectivity index (χ1v) is 8.40. The molecule has 0 spiro atoms. The summed E-state index contributed by atoms with van der Waals surface area (Å²) in [5.74, 6) is 0.274. The van der Waals surface area contributed by atoms with Crippen LogP contribution in [0.2, 0.25) is 0 Å². The van der Waals surface area contributed by atoms with Crippen LogP contribution in [0.4, 0.5) is 0 Å². The number of hydrogen-bond donors (Lipinski definition) is 2. The summed E-state index contributed by atoms with van der Waals surface area (Å²) in [6.45, 7) is 2.01. The molecule has 1 aliphatic heterocycles. The third kappa shape index (κ3) is 4.24. The molecule has 2 heterocycles. The van der Waals surface area contributed by atoms with Gasteiger partial charge in [0.25, 0.3) is 10.2 Å². The molecular formula is C13H22N4O2S. The lowest BCUT2D eigenvalue weighted by Crippen LogP contribution is -2.47. The zero-order chi connectivity index (χ0) is 14.4. The summed E-state index contributed by atoms with van der Waals surface area (Å²) >= 11 is 0. The Morgan fingerprint density at radius 3 is 3.00 bits per heavy atom. The number of rotatable bonds is 6. The normalized spacial score (nSPS) is 20.9. The van der Waals surface area contributed by atoms with Crippen molar-refractivity contribution in [3.63, 3.8) is 0 Å². The first-order chi connectivity index (χ1) is 9.62. The van der Waals surface area contributed by atoms with Crippen molar-refractivity contribution in [2.24, 2.45) is 11.7 Å². The van der Waals surface area contributed by atoms with Crippen LogP contribution >= 0.6 is 0 Å². The standard InChI is InChI=1S/C13H22N4O2S/c14-10-12-4-3-9-17(11-12)20(18,19)16-8-6-13-5-1-2-7-15-13/h1-2,5,7,12,16H,3-4,6,8-11,14H2. The SMILES string of the molecule is NCC1CCCN(S(=O)(=O)NCCc2ccccn2)C1. The molecule has 1 aliphatic rings. The molecule has 3 N–H and O–H groups in total. The van der Waals surface area contributed by atoms with Crippen LogP contribution in [-0.4, -0.2) is 43.9 Å². The van der Waals surface area contributed by atoms with E-state index < -0.39 is 10.2 Å². The summed E-state index contributed by atoms with van der Waals surface area (Å²) in [5, 5.41) is 0. The van der Waals surface area contributed by atoms with Crippen molar-refractivity contribution in [2.45, 2.75) is 19.3 Å². The van der Waals surface area contributed by atoms with Gasteiger partial charge in [-0.05, 0) is 37.4 Å². The number of nitrogens with zero attached hydrogens (tertiary/aromatic N) is 2. The molecule has 0 radical (unpaired) electrons. The molecule has 0 bridgehead atoms. The second-order valence-corrected chi connectivity index (χ2v) is 6.83. The van der Waals surface area contributed by atoms with Gasteiger partial charge in [0.15, 0.2) is 0 Å². The van der Waals surface area contributed by atoms with Crippen molar-refractivity contribution in [3.8, 4) is 0 Å². The van der Waals surface area contributed by atoms with Crippen LogP contribution < -0.4 is 10.5 Å². The summed E-state index contributed by atoms with van der Waals surface area (Å²) in [5.41, 5.74) is 6.52. The van der Waals surface area contributed by atoms with E-state index in [0.717, 1.165) is 18.5 Å². The van der Waals surface area contributed by atoms with Crippen LogP contribution in [0.1, 0.15) is 18.5 Å². The lowest BCUT2D eigenvalue weighted by atomic mass is 10.0. The predicted molar refractivity (Wildman–Crippen MR) is 78.2 cm³/mol. The topological polar surface area (TPSA) is 88.3 Å². The Hall–Kier alpha value is -1.02. The van der Waals surface area contributed by atoms with Gasteiger partial charge >= 0.3 is 0 Å². The molecular weight excluding hydrogens is 276 g/mol. The van der Waals surface area contributed by atoms with Crippen molar-refractivity contribution in [1.29, 1.82) is 0 Å². The van der Waals surface area contributed by atoms with Crippen molar-refractivity contribution >= 4 is 10.2 Å². The van der Waals surface area contributed by atoms with Crippen molar-refractivity contribution < 1.29 is 8.42 Å². The molecule has 0 aliphatic carbocycles. The second-order valence-electron chi connectivity index (χ2n) is 5.07. The maximum Gasteiger partial charge on any atom is 0.279 e. The minimum Gasteiger partial charge on any atom is -0.330 e. The van der Waals surface area contributed by atoms with Crippen LogP contribution in [0.5, 0.6) is 0 Å². The number of nitrogens with two attached hydrogens (primary N) is 1. The first-order valence-electron chi connectivity index (χ1n) is 6.96. The van der Waals surface area contributed by atoms with E-state index in [1.165, 1.54) is 4.31 Å². The summed E-state index contributed by atoms with van der Waals surface area (Å²) in [7, 11) is -3.40. The summed E-state index contributed by atoms with van der Waals surface area (Å²) in [6.07, 6.45) is 4.19. The van der Waals surface area contributed by atoms with E-state index in [1.807, 2.05) is 18.2 Å². The van der Waals surface area contributed by atoms with E-state index in [9.17, 15) is 8.42 Å². The molecule has 0 amide bonds.